The molecule has 0 saturated heterocycles. The van der Waals surface area contributed by atoms with Gasteiger partial charge in [0, 0.05) is 33.6 Å². The van der Waals surface area contributed by atoms with Crippen LogP contribution in [0.4, 0.5) is 0 Å². The van der Waals surface area contributed by atoms with Gasteiger partial charge in [0.2, 0.25) is 0 Å². The van der Waals surface area contributed by atoms with Gasteiger partial charge in [0.25, 0.3) is 11.8 Å². The molecular formula is C34H32N2O2S4Si2. The third-order valence-corrected chi connectivity index (χ3v) is 13.3. The summed E-state index contributed by atoms with van der Waals surface area (Å²) in [7, 11) is 0.625. The number of hydrogen-bond donors (Lipinski definition) is 0. The molecular weight excluding hydrogens is 653 g/mol. The fraction of sp³-hybridized carbons (Fsp3) is 0.235. The number of carbonyl (C=O) groups excluding carboxylic acids is 2. The van der Waals surface area contributed by atoms with Gasteiger partial charge in [-0.15, -0.1) is 56.4 Å². The van der Waals surface area contributed by atoms with Gasteiger partial charge in [-0.2, -0.15) is 0 Å². The lowest BCUT2D eigenvalue weighted by atomic mass is 10.1. The van der Waals surface area contributed by atoms with Gasteiger partial charge in [-0.05, 0) is 48.5 Å². The molecule has 44 heavy (non-hydrogen) atoms. The molecule has 2 aliphatic heterocycles. The molecule has 0 atom stereocenters. The molecule has 0 aliphatic carbocycles. The van der Waals surface area contributed by atoms with E-state index in [-0.39, 0.29) is 11.8 Å². The van der Waals surface area contributed by atoms with Crippen LogP contribution in [0.2, 0.25) is 39.3 Å². The fourth-order valence-corrected chi connectivity index (χ4v) is 10.2. The predicted octanol–water partition coefficient (Wildman–Crippen LogP) is 8.79. The number of fused-ring (bicyclic) bond motifs is 1. The Balaban J connectivity index is 1.35. The first-order chi connectivity index (χ1) is 20.7. The highest BCUT2D eigenvalue weighted by Gasteiger charge is 2.47. The number of nitrogens with zero attached hydrogens (tertiary/aromatic N) is 2. The van der Waals surface area contributed by atoms with E-state index in [1.165, 1.54) is 0 Å². The van der Waals surface area contributed by atoms with Gasteiger partial charge in [0.05, 0.1) is 42.0 Å². The van der Waals surface area contributed by atoms with Gasteiger partial charge in [0.1, 0.15) is 16.1 Å². The van der Waals surface area contributed by atoms with Crippen LogP contribution in [-0.4, -0.2) is 51.9 Å². The highest BCUT2D eigenvalue weighted by Crippen LogP contribution is 2.49. The zero-order chi connectivity index (χ0) is 31.6. The molecule has 0 unspecified atom stereocenters. The molecule has 0 saturated carbocycles. The topological polar surface area (TPSA) is 40.6 Å². The first kappa shape index (κ1) is 30.8. The van der Waals surface area contributed by atoms with Crippen LogP contribution in [0.5, 0.6) is 0 Å². The van der Waals surface area contributed by atoms with E-state index in [4.69, 9.17) is 0 Å². The third-order valence-electron chi connectivity index (χ3n) is 6.93. The van der Waals surface area contributed by atoms with Gasteiger partial charge >= 0.3 is 0 Å². The quantitative estimate of drug-likeness (QED) is 0.159. The maximum Gasteiger partial charge on any atom is 0.261 e. The number of hydrogen-bond acceptors (Lipinski definition) is 6. The van der Waals surface area contributed by atoms with Crippen molar-refractivity contribution in [2.24, 2.45) is 0 Å². The summed E-state index contributed by atoms with van der Waals surface area (Å²) in [6.07, 6.45) is 0. The predicted molar refractivity (Wildman–Crippen MR) is 195 cm³/mol. The van der Waals surface area contributed by atoms with E-state index in [1.54, 1.807) is 69.2 Å². The number of amides is 2. The molecule has 0 spiro atoms. The van der Waals surface area contributed by atoms with E-state index in [2.05, 4.69) is 98.6 Å². The molecule has 6 rings (SSSR count). The summed E-state index contributed by atoms with van der Waals surface area (Å²) in [5.74, 6) is 6.41. The molecule has 4 aromatic rings. The molecule has 0 N–H and O–H groups in total. The molecule has 0 aromatic carbocycles. The van der Waals surface area contributed by atoms with Crippen molar-refractivity contribution in [2.75, 3.05) is 14.1 Å². The third kappa shape index (κ3) is 5.91. The first-order valence-corrected chi connectivity index (χ1v) is 24.5. The molecule has 0 fully saturated rings. The average molecular weight is 685 g/mol. The number of likely N-dealkylation sites (N-methyl/N-ethyl adjacent to an activating group) is 2. The molecule has 4 aromatic heterocycles. The van der Waals surface area contributed by atoms with Crippen molar-refractivity contribution in [3.8, 4) is 42.4 Å². The Morgan fingerprint density at radius 3 is 1.18 bits per heavy atom. The largest absolute Gasteiger partial charge is 0.309 e. The van der Waals surface area contributed by atoms with Crippen molar-refractivity contribution in [1.29, 1.82) is 0 Å². The number of rotatable bonds is 4. The van der Waals surface area contributed by atoms with Crippen LogP contribution in [-0.2, 0) is 9.59 Å². The molecule has 0 bridgehead atoms. The minimum atomic E-state index is -1.46. The summed E-state index contributed by atoms with van der Waals surface area (Å²) in [5, 5.41) is 0. The Labute approximate surface area is 277 Å². The van der Waals surface area contributed by atoms with E-state index < -0.39 is 16.1 Å². The smallest absolute Gasteiger partial charge is 0.261 e. The molecule has 10 heteroatoms. The van der Waals surface area contributed by atoms with Crippen LogP contribution in [0.15, 0.2) is 59.7 Å². The van der Waals surface area contributed by atoms with Crippen LogP contribution in [0.25, 0.3) is 30.9 Å². The molecule has 2 aliphatic rings. The number of carbonyl (C=O) groups is 2. The average Bonchev–Trinajstić information content (AvgIpc) is 3.78. The minimum absolute atomic E-state index is 0.146. The van der Waals surface area contributed by atoms with E-state index in [1.807, 2.05) is 12.1 Å². The van der Waals surface area contributed by atoms with Gasteiger partial charge < -0.3 is 9.80 Å². The standard InChI is InChI=1S/C34H32N2O2S4Si2/c1-35-31(27-15-13-25(41-27)23-11-9-21(39-23)17-19-43(3,4)5)29-30(33(35)37)32(36(2)34(29)38)28-16-14-26(42-28)24-12-10-22(40-24)18-20-44(6,7)8/h9-16H,1-8H3. The van der Waals surface area contributed by atoms with Crippen LogP contribution >= 0.6 is 45.3 Å². The molecule has 4 nitrogen and oxygen atoms in total. The lowest BCUT2D eigenvalue weighted by molar-refractivity contribution is -0.123. The highest BCUT2D eigenvalue weighted by molar-refractivity contribution is 7.23. The minimum Gasteiger partial charge on any atom is -0.309 e. The van der Waals surface area contributed by atoms with Crippen molar-refractivity contribution in [1.82, 2.24) is 9.80 Å². The van der Waals surface area contributed by atoms with Gasteiger partial charge in [0.15, 0.2) is 0 Å². The van der Waals surface area contributed by atoms with Gasteiger partial charge in [-0.3, -0.25) is 9.59 Å². The van der Waals surface area contributed by atoms with E-state index in [0.717, 1.165) is 39.0 Å². The van der Waals surface area contributed by atoms with Crippen molar-refractivity contribution in [2.45, 2.75) is 39.3 Å². The van der Waals surface area contributed by atoms with Crippen molar-refractivity contribution in [3.05, 3.63) is 79.2 Å². The van der Waals surface area contributed by atoms with Crippen molar-refractivity contribution < 1.29 is 9.59 Å². The molecule has 222 valence electrons. The zero-order valence-electron chi connectivity index (χ0n) is 26.0. The summed E-state index contributed by atoms with van der Waals surface area (Å²) in [6, 6.07) is 16.6. The Kier molecular flexibility index (Phi) is 7.90. The highest BCUT2D eigenvalue weighted by atomic mass is 32.1. The number of thiophene rings is 4. The van der Waals surface area contributed by atoms with Gasteiger partial charge in [-0.1, -0.05) is 51.1 Å². The van der Waals surface area contributed by atoms with Crippen molar-refractivity contribution >= 4 is 84.7 Å². The lowest BCUT2D eigenvalue weighted by Gasteiger charge is -2.18. The van der Waals surface area contributed by atoms with Crippen LogP contribution < -0.4 is 0 Å². The van der Waals surface area contributed by atoms with E-state index in [9.17, 15) is 9.59 Å². The second-order valence-corrected chi connectivity index (χ2v) is 26.7. The summed E-state index contributed by atoms with van der Waals surface area (Å²) >= 11 is 6.57. The summed E-state index contributed by atoms with van der Waals surface area (Å²) in [4.78, 5) is 39.2. The molecule has 6 heterocycles. The van der Waals surface area contributed by atoms with Gasteiger partial charge in [-0.25, -0.2) is 0 Å². The maximum absolute atomic E-state index is 13.7. The second kappa shape index (κ2) is 11.3. The second-order valence-electron chi connectivity index (χ2n) is 12.8. The Morgan fingerprint density at radius 2 is 0.818 bits per heavy atom. The van der Waals surface area contributed by atoms with Crippen molar-refractivity contribution in [3.63, 3.8) is 0 Å². The van der Waals surface area contributed by atoms with Crippen LogP contribution in [0, 0.1) is 22.9 Å². The molecule has 2 amide bonds. The molecule has 0 radical (unpaired) electrons. The van der Waals surface area contributed by atoms with E-state index >= 15 is 0 Å². The normalized spacial score (nSPS) is 15.2. The first-order valence-electron chi connectivity index (χ1n) is 14.2. The lowest BCUT2D eigenvalue weighted by Crippen LogP contribution is -2.24. The Hall–Kier alpha value is -3.23. The van der Waals surface area contributed by atoms with E-state index in [0.29, 0.717) is 22.5 Å². The Bertz CT molecular complexity index is 1890. The summed E-state index contributed by atoms with van der Waals surface area (Å²) in [5.41, 5.74) is 9.23. The SMILES string of the molecule is CN1C(=O)C2=C(c3ccc(-c4ccc(C#C[Si](C)(C)C)s4)s3)N(C)C(=O)C2=C1c1ccc(-c2ccc(C#C[Si](C)(C)C)s2)s1. The monoisotopic (exact) mass is 684 g/mol. The zero-order valence-corrected chi connectivity index (χ0v) is 31.2. The summed E-state index contributed by atoms with van der Waals surface area (Å²) in [6.45, 7) is 13.5. The van der Waals surface area contributed by atoms with Crippen LogP contribution in [0.1, 0.15) is 19.5 Å². The maximum atomic E-state index is 13.7. The fourth-order valence-electron chi connectivity index (χ4n) is 4.87. The Morgan fingerprint density at radius 1 is 0.500 bits per heavy atom. The summed E-state index contributed by atoms with van der Waals surface area (Å²) < 4.78 is 0. The van der Waals surface area contributed by atoms with Crippen LogP contribution in [0.3, 0.4) is 0 Å².